The second-order valence-corrected chi connectivity index (χ2v) is 4.18. The van der Waals surface area contributed by atoms with Gasteiger partial charge in [0.2, 0.25) is 0 Å². The van der Waals surface area contributed by atoms with Gasteiger partial charge in [-0.15, -0.1) is 0 Å². The Morgan fingerprint density at radius 1 is 1.50 bits per heavy atom. The Balaban J connectivity index is 2.17. The van der Waals surface area contributed by atoms with Gasteiger partial charge in [0.25, 0.3) is 5.91 Å². The van der Waals surface area contributed by atoms with E-state index in [1.807, 2.05) is 24.3 Å². The fourth-order valence-corrected chi connectivity index (χ4v) is 1.68. The third-order valence-electron chi connectivity index (χ3n) is 2.08. The maximum absolute atomic E-state index is 11.8. The molecule has 1 N–H and O–H groups in total. The summed E-state index contributed by atoms with van der Waals surface area (Å²) in [6.45, 7) is 1.70. The third-order valence-corrected chi connectivity index (χ3v) is 2.57. The second kappa shape index (κ2) is 4.49. The Bertz CT molecular complexity index is 522. The zero-order valence-electron chi connectivity index (χ0n) is 8.53. The van der Waals surface area contributed by atoms with E-state index < -0.39 is 0 Å². The maximum Gasteiger partial charge on any atom is 0.260 e. The molecule has 82 valence electrons. The second-order valence-electron chi connectivity index (χ2n) is 3.26. The summed E-state index contributed by atoms with van der Waals surface area (Å²) < 4.78 is 5.74. The Kier molecular flexibility index (Phi) is 3.05. The van der Waals surface area contributed by atoms with Crippen molar-refractivity contribution in [2.75, 3.05) is 5.32 Å². The van der Waals surface area contributed by atoms with Gasteiger partial charge >= 0.3 is 0 Å². The predicted molar refractivity (Wildman–Crippen MR) is 63.3 cm³/mol. The van der Waals surface area contributed by atoms with Crippen molar-refractivity contribution in [3.63, 3.8) is 0 Å². The van der Waals surface area contributed by atoms with Gasteiger partial charge in [-0.1, -0.05) is 27.2 Å². The molecule has 2 aromatic rings. The van der Waals surface area contributed by atoms with Crippen LogP contribution >= 0.6 is 15.9 Å². The molecule has 2 rings (SSSR count). The molecule has 1 heterocycles. The highest BCUT2D eigenvalue weighted by Gasteiger charge is 2.12. The van der Waals surface area contributed by atoms with Crippen molar-refractivity contribution in [1.29, 1.82) is 0 Å². The van der Waals surface area contributed by atoms with Crippen molar-refractivity contribution >= 4 is 27.5 Å². The molecule has 5 heteroatoms. The van der Waals surface area contributed by atoms with Crippen molar-refractivity contribution in [2.24, 2.45) is 0 Å². The lowest BCUT2D eigenvalue weighted by atomic mass is 10.2. The summed E-state index contributed by atoms with van der Waals surface area (Å²) in [5.41, 5.74) is 1.17. The van der Waals surface area contributed by atoms with E-state index in [0.717, 1.165) is 10.2 Å². The fourth-order valence-electron chi connectivity index (χ4n) is 1.28. The van der Waals surface area contributed by atoms with E-state index in [-0.39, 0.29) is 5.91 Å². The van der Waals surface area contributed by atoms with E-state index in [2.05, 4.69) is 26.4 Å². The molecule has 0 saturated heterocycles. The SMILES string of the molecule is Cc1oncc1C(=O)Nc1cccc(Br)c1. The Hall–Kier alpha value is -1.62. The lowest BCUT2D eigenvalue weighted by Gasteiger charge is -2.03. The van der Waals surface area contributed by atoms with Crippen molar-refractivity contribution in [3.05, 3.63) is 46.3 Å². The summed E-state index contributed by atoms with van der Waals surface area (Å²) in [6.07, 6.45) is 1.41. The molecule has 0 aliphatic carbocycles. The standard InChI is InChI=1S/C11H9BrN2O2/c1-7-10(6-13-16-7)11(15)14-9-4-2-3-8(12)5-9/h2-6H,1H3,(H,14,15). The molecule has 0 bridgehead atoms. The highest BCUT2D eigenvalue weighted by molar-refractivity contribution is 9.10. The van der Waals surface area contributed by atoms with Gasteiger partial charge in [-0.05, 0) is 25.1 Å². The molecular formula is C11H9BrN2O2. The summed E-state index contributed by atoms with van der Waals surface area (Å²) in [6, 6.07) is 7.37. The highest BCUT2D eigenvalue weighted by Crippen LogP contribution is 2.17. The van der Waals surface area contributed by atoms with E-state index >= 15 is 0 Å². The van der Waals surface area contributed by atoms with E-state index in [0.29, 0.717) is 11.3 Å². The minimum atomic E-state index is -0.225. The van der Waals surface area contributed by atoms with Crippen molar-refractivity contribution < 1.29 is 9.32 Å². The number of rotatable bonds is 2. The number of aryl methyl sites for hydroxylation is 1. The lowest BCUT2D eigenvalue weighted by Crippen LogP contribution is -2.11. The molecule has 0 radical (unpaired) electrons. The van der Waals surface area contributed by atoms with Gasteiger partial charge in [-0.25, -0.2) is 0 Å². The minimum Gasteiger partial charge on any atom is -0.361 e. The zero-order valence-corrected chi connectivity index (χ0v) is 10.1. The van der Waals surface area contributed by atoms with Crippen LogP contribution in [0.25, 0.3) is 0 Å². The van der Waals surface area contributed by atoms with Gasteiger partial charge in [0, 0.05) is 10.2 Å². The minimum absolute atomic E-state index is 0.225. The molecule has 1 aromatic heterocycles. The molecule has 0 fully saturated rings. The van der Waals surface area contributed by atoms with Gasteiger partial charge in [0.05, 0.1) is 6.20 Å². The maximum atomic E-state index is 11.8. The smallest absolute Gasteiger partial charge is 0.260 e. The number of hydrogen-bond acceptors (Lipinski definition) is 3. The molecule has 4 nitrogen and oxygen atoms in total. The number of benzene rings is 1. The molecule has 0 aliphatic rings. The van der Waals surface area contributed by atoms with Gasteiger partial charge in [-0.3, -0.25) is 4.79 Å². The number of anilines is 1. The molecule has 16 heavy (non-hydrogen) atoms. The third kappa shape index (κ3) is 2.30. The average molecular weight is 281 g/mol. The number of carbonyl (C=O) groups is 1. The van der Waals surface area contributed by atoms with Crippen LogP contribution in [-0.2, 0) is 0 Å². The molecule has 0 spiro atoms. The van der Waals surface area contributed by atoms with Crippen molar-refractivity contribution in [2.45, 2.75) is 6.92 Å². The Labute approximate surface area is 101 Å². The molecule has 1 aromatic carbocycles. The lowest BCUT2D eigenvalue weighted by molar-refractivity contribution is 0.102. The summed E-state index contributed by atoms with van der Waals surface area (Å²) >= 11 is 3.33. The topological polar surface area (TPSA) is 55.1 Å². The van der Waals surface area contributed by atoms with E-state index in [1.165, 1.54) is 6.20 Å². The van der Waals surface area contributed by atoms with E-state index in [4.69, 9.17) is 4.52 Å². The van der Waals surface area contributed by atoms with Crippen LogP contribution in [0.15, 0.2) is 39.5 Å². The number of hydrogen-bond donors (Lipinski definition) is 1. The van der Waals surface area contributed by atoms with Crippen LogP contribution in [0.3, 0.4) is 0 Å². The highest BCUT2D eigenvalue weighted by atomic mass is 79.9. The number of nitrogens with zero attached hydrogens (tertiary/aromatic N) is 1. The molecule has 0 atom stereocenters. The van der Waals surface area contributed by atoms with Crippen LogP contribution in [-0.4, -0.2) is 11.1 Å². The van der Waals surface area contributed by atoms with Crippen molar-refractivity contribution in [3.8, 4) is 0 Å². The number of amides is 1. The van der Waals surface area contributed by atoms with Gasteiger partial charge in [0.1, 0.15) is 11.3 Å². The van der Waals surface area contributed by atoms with Crippen LogP contribution in [0.1, 0.15) is 16.1 Å². The quantitative estimate of drug-likeness (QED) is 0.920. The first-order valence-electron chi connectivity index (χ1n) is 4.65. The van der Waals surface area contributed by atoms with Gasteiger partial charge < -0.3 is 9.84 Å². The normalized spacial score (nSPS) is 10.1. The van der Waals surface area contributed by atoms with E-state index in [1.54, 1.807) is 6.92 Å². The predicted octanol–water partition coefficient (Wildman–Crippen LogP) is 3.00. The Morgan fingerprint density at radius 3 is 2.94 bits per heavy atom. The molecule has 0 saturated carbocycles. The van der Waals surface area contributed by atoms with Gasteiger partial charge in [0.15, 0.2) is 0 Å². The first-order chi connectivity index (χ1) is 7.66. The van der Waals surface area contributed by atoms with Crippen LogP contribution in [0.4, 0.5) is 5.69 Å². The first kappa shape index (κ1) is 10.9. The van der Waals surface area contributed by atoms with Crippen LogP contribution in [0.5, 0.6) is 0 Å². The summed E-state index contributed by atoms with van der Waals surface area (Å²) in [4.78, 5) is 11.8. The van der Waals surface area contributed by atoms with Crippen molar-refractivity contribution in [1.82, 2.24) is 5.16 Å². The van der Waals surface area contributed by atoms with E-state index in [9.17, 15) is 4.79 Å². The van der Waals surface area contributed by atoms with Crippen LogP contribution in [0.2, 0.25) is 0 Å². The van der Waals surface area contributed by atoms with Gasteiger partial charge in [-0.2, -0.15) is 0 Å². The fraction of sp³-hybridized carbons (Fsp3) is 0.0909. The number of aromatic nitrogens is 1. The molecular weight excluding hydrogens is 272 g/mol. The summed E-state index contributed by atoms with van der Waals surface area (Å²) in [5.74, 6) is 0.282. The summed E-state index contributed by atoms with van der Waals surface area (Å²) in [7, 11) is 0. The number of nitrogens with one attached hydrogen (secondary N) is 1. The van der Waals surface area contributed by atoms with Crippen LogP contribution < -0.4 is 5.32 Å². The molecule has 1 amide bonds. The average Bonchev–Trinajstić information content (AvgIpc) is 2.64. The largest absolute Gasteiger partial charge is 0.361 e. The monoisotopic (exact) mass is 280 g/mol. The molecule has 0 unspecified atom stereocenters. The van der Waals surface area contributed by atoms with Crippen LogP contribution in [0, 0.1) is 6.92 Å². The number of carbonyl (C=O) groups excluding carboxylic acids is 1. The first-order valence-corrected chi connectivity index (χ1v) is 5.44. The summed E-state index contributed by atoms with van der Waals surface area (Å²) in [5, 5.41) is 6.31. The number of halogens is 1. The molecule has 0 aliphatic heterocycles. The Morgan fingerprint density at radius 2 is 2.31 bits per heavy atom. The zero-order chi connectivity index (χ0) is 11.5.